The van der Waals surface area contributed by atoms with Crippen LogP contribution in [0.3, 0.4) is 0 Å². The first-order chi connectivity index (χ1) is 8.43. The maximum atomic E-state index is 11.5. The molecule has 1 aromatic rings. The fourth-order valence-electron chi connectivity index (χ4n) is 1.57. The van der Waals surface area contributed by atoms with Crippen LogP contribution in [0, 0.1) is 6.92 Å². The number of ether oxygens (including phenoxy) is 2. The lowest BCUT2D eigenvalue weighted by atomic mass is 10.1. The Morgan fingerprint density at radius 2 is 2.06 bits per heavy atom. The first-order valence-corrected chi connectivity index (χ1v) is 6.43. The van der Waals surface area contributed by atoms with Crippen molar-refractivity contribution in [2.24, 2.45) is 0 Å². The molecule has 0 aliphatic rings. The Hall–Kier alpha value is -1.22. The van der Waals surface area contributed by atoms with E-state index in [0.717, 1.165) is 11.1 Å². The van der Waals surface area contributed by atoms with Crippen molar-refractivity contribution in [1.82, 2.24) is 0 Å². The third-order valence-corrected chi connectivity index (χ3v) is 2.75. The number of hydrogen-bond acceptors (Lipinski definition) is 3. The number of carbonyl (C=O) groups is 1. The van der Waals surface area contributed by atoms with Gasteiger partial charge in [0.15, 0.2) is 0 Å². The van der Waals surface area contributed by atoms with E-state index in [1.165, 1.54) is 0 Å². The van der Waals surface area contributed by atoms with Crippen LogP contribution >= 0.6 is 11.6 Å². The molecule has 0 amide bonds. The molecule has 3 nitrogen and oxygen atoms in total. The van der Waals surface area contributed by atoms with Crippen molar-refractivity contribution >= 4 is 17.6 Å². The molecule has 18 heavy (non-hydrogen) atoms. The van der Waals surface area contributed by atoms with Crippen LogP contribution in [0.2, 0.25) is 5.02 Å². The second kappa shape index (κ2) is 6.64. The van der Waals surface area contributed by atoms with Crippen LogP contribution in [0.25, 0.3) is 0 Å². The lowest BCUT2D eigenvalue weighted by Gasteiger charge is -2.15. The van der Waals surface area contributed by atoms with Gasteiger partial charge in [0.05, 0.1) is 19.1 Å². The van der Waals surface area contributed by atoms with Gasteiger partial charge in [-0.1, -0.05) is 11.6 Å². The van der Waals surface area contributed by atoms with E-state index in [-0.39, 0.29) is 18.5 Å². The fourth-order valence-corrected chi connectivity index (χ4v) is 1.75. The van der Waals surface area contributed by atoms with Crippen molar-refractivity contribution in [3.63, 3.8) is 0 Å². The van der Waals surface area contributed by atoms with Gasteiger partial charge in [-0.2, -0.15) is 0 Å². The van der Waals surface area contributed by atoms with Gasteiger partial charge in [0, 0.05) is 10.6 Å². The Labute approximate surface area is 113 Å². The summed E-state index contributed by atoms with van der Waals surface area (Å²) < 4.78 is 10.6. The first-order valence-electron chi connectivity index (χ1n) is 6.05. The molecule has 0 heterocycles. The van der Waals surface area contributed by atoms with E-state index in [0.29, 0.717) is 17.4 Å². The van der Waals surface area contributed by atoms with E-state index in [2.05, 4.69) is 0 Å². The molecule has 0 saturated carbocycles. The van der Waals surface area contributed by atoms with Crippen molar-refractivity contribution in [2.45, 2.75) is 40.2 Å². The second-order valence-electron chi connectivity index (χ2n) is 4.36. The summed E-state index contributed by atoms with van der Waals surface area (Å²) in [6.07, 6.45) is 0.224. The molecule has 0 spiro atoms. The molecule has 100 valence electrons. The highest BCUT2D eigenvalue weighted by molar-refractivity contribution is 6.31. The normalized spacial score (nSPS) is 10.6. The summed E-state index contributed by atoms with van der Waals surface area (Å²) in [5.74, 6) is 0.422. The third kappa shape index (κ3) is 4.22. The molecule has 4 heteroatoms. The van der Waals surface area contributed by atoms with Crippen LogP contribution in [0.4, 0.5) is 0 Å². The minimum absolute atomic E-state index is 0.0477. The Morgan fingerprint density at radius 3 is 2.61 bits per heavy atom. The average Bonchev–Trinajstić information content (AvgIpc) is 2.25. The number of esters is 1. The molecule has 0 saturated heterocycles. The average molecular weight is 271 g/mol. The Balaban J connectivity index is 2.99. The Kier molecular flexibility index (Phi) is 5.48. The predicted molar refractivity (Wildman–Crippen MR) is 72.3 cm³/mol. The van der Waals surface area contributed by atoms with Crippen LogP contribution < -0.4 is 4.74 Å². The van der Waals surface area contributed by atoms with Gasteiger partial charge in [0.1, 0.15) is 5.75 Å². The van der Waals surface area contributed by atoms with Crippen molar-refractivity contribution < 1.29 is 14.3 Å². The van der Waals surface area contributed by atoms with Gasteiger partial charge in [-0.05, 0) is 45.4 Å². The summed E-state index contributed by atoms with van der Waals surface area (Å²) in [6.45, 7) is 7.95. The van der Waals surface area contributed by atoms with Crippen LogP contribution in [-0.4, -0.2) is 18.7 Å². The maximum absolute atomic E-state index is 11.5. The first kappa shape index (κ1) is 14.8. The quantitative estimate of drug-likeness (QED) is 0.768. The molecule has 0 atom stereocenters. The minimum atomic E-state index is -0.272. The maximum Gasteiger partial charge on any atom is 0.310 e. The van der Waals surface area contributed by atoms with Gasteiger partial charge in [0.25, 0.3) is 0 Å². The molecule has 1 rings (SSSR count). The Morgan fingerprint density at radius 1 is 1.39 bits per heavy atom. The second-order valence-corrected chi connectivity index (χ2v) is 4.76. The van der Waals surface area contributed by atoms with Crippen LogP contribution in [-0.2, 0) is 16.0 Å². The molecule has 0 N–H and O–H groups in total. The molecule has 0 aliphatic carbocycles. The molecule has 0 aromatic heterocycles. The van der Waals surface area contributed by atoms with E-state index in [1.807, 2.05) is 26.8 Å². The van der Waals surface area contributed by atoms with Crippen LogP contribution in [0.5, 0.6) is 5.75 Å². The Bertz CT molecular complexity index is 427. The lowest BCUT2D eigenvalue weighted by Crippen LogP contribution is -2.12. The van der Waals surface area contributed by atoms with Gasteiger partial charge in [-0.25, -0.2) is 0 Å². The standard InChI is InChI=1S/C14H19ClO3/c1-5-17-14(16)8-11-7-12(15)10(4)6-13(11)18-9(2)3/h6-7,9H,5,8H2,1-4H3. The van der Waals surface area contributed by atoms with Gasteiger partial charge < -0.3 is 9.47 Å². The van der Waals surface area contributed by atoms with Gasteiger partial charge in [-0.3, -0.25) is 4.79 Å². The summed E-state index contributed by atoms with van der Waals surface area (Å²) in [5.41, 5.74) is 1.69. The monoisotopic (exact) mass is 270 g/mol. The van der Waals surface area contributed by atoms with Crippen molar-refractivity contribution in [3.05, 3.63) is 28.3 Å². The van der Waals surface area contributed by atoms with Crippen molar-refractivity contribution in [1.29, 1.82) is 0 Å². The molecule has 0 radical (unpaired) electrons. The predicted octanol–water partition coefficient (Wildman–Crippen LogP) is 3.54. The highest BCUT2D eigenvalue weighted by Gasteiger charge is 2.13. The molecule has 0 fully saturated rings. The summed E-state index contributed by atoms with van der Waals surface area (Å²) in [6, 6.07) is 3.63. The zero-order chi connectivity index (χ0) is 13.7. The van der Waals surface area contributed by atoms with E-state index in [9.17, 15) is 4.79 Å². The molecular weight excluding hydrogens is 252 g/mol. The van der Waals surface area contributed by atoms with Gasteiger partial charge in [-0.15, -0.1) is 0 Å². The zero-order valence-electron chi connectivity index (χ0n) is 11.2. The number of halogens is 1. The number of hydrogen-bond donors (Lipinski definition) is 0. The lowest BCUT2D eigenvalue weighted by molar-refractivity contribution is -0.142. The van der Waals surface area contributed by atoms with E-state index in [4.69, 9.17) is 21.1 Å². The third-order valence-electron chi connectivity index (χ3n) is 2.34. The minimum Gasteiger partial charge on any atom is -0.491 e. The van der Waals surface area contributed by atoms with Crippen LogP contribution in [0.1, 0.15) is 31.9 Å². The number of rotatable bonds is 5. The SMILES string of the molecule is CCOC(=O)Cc1cc(Cl)c(C)cc1OC(C)C. The number of benzene rings is 1. The van der Waals surface area contributed by atoms with Crippen molar-refractivity contribution in [2.75, 3.05) is 6.61 Å². The van der Waals surface area contributed by atoms with Gasteiger partial charge in [0.2, 0.25) is 0 Å². The van der Waals surface area contributed by atoms with E-state index >= 15 is 0 Å². The van der Waals surface area contributed by atoms with Gasteiger partial charge >= 0.3 is 5.97 Å². The summed E-state index contributed by atoms with van der Waals surface area (Å²) >= 11 is 6.08. The highest BCUT2D eigenvalue weighted by Crippen LogP contribution is 2.28. The fraction of sp³-hybridized carbons (Fsp3) is 0.500. The summed E-state index contributed by atoms with van der Waals surface area (Å²) in [7, 11) is 0. The zero-order valence-corrected chi connectivity index (χ0v) is 12.0. The van der Waals surface area contributed by atoms with Crippen LogP contribution in [0.15, 0.2) is 12.1 Å². The highest BCUT2D eigenvalue weighted by atomic mass is 35.5. The smallest absolute Gasteiger partial charge is 0.310 e. The molecule has 0 unspecified atom stereocenters. The van der Waals surface area contributed by atoms with Crippen molar-refractivity contribution in [3.8, 4) is 5.75 Å². The summed E-state index contributed by atoms with van der Waals surface area (Å²) in [4.78, 5) is 11.5. The van der Waals surface area contributed by atoms with E-state index < -0.39 is 0 Å². The molecule has 1 aromatic carbocycles. The number of carbonyl (C=O) groups excluding carboxylic acids is 1. The molecular formula is C14H19ClO3. The number of aryl methyl sites for hydroxylation is 1. The largest absolute Gasteiger partial charge is 0.491 e. The molecule has 0 bridgehead atoms. The topological polar surface area (TPSA) is 35.5 Å². The molecule has 0 aliphatic heterocycles. The summed E-state index contributed by atoms with van der Waals surface area (Å²) in [5, 5.41) is 0.630. The van der Waals surface area contributed by atoms with E-state index in [1.54, 1.807) is 13.0 Å².